The van der Waals surface area contributed by atoms with E-state index in [9.17, 15) is 15.0 Å². The first-order chi connectivity index (χ1) is 13.3. The van der Waals surface area contributed by atoms with Gasteiger partial charge in [-0.2, -0.15) is 0 Å². The molecule has 12 heteroatoms. The normalized spacial score (nSPS) is 26.0. The van der Waals surface area contributed by atoms with Gasteiger partial charge in [0.15, 0.2) is 17.7 Å². The fourth-order valence-corrected chi connectivity index (χ4v) is 5.30. The van der Waals surface area contributed by atoms with Crippen molar-refractivity contribution in [1.82, 2.24) is 19.5 Å². The summed E-state index contributed by atoms with van der Waals surface area (Å²) in [5.41, 5.74) is 6.59. The Kier molecular flexibility index (Phi) is 6.03. The molecule has 5 N–H and O–H groups in total. The minimum absolute atomic E-state index is 0.219. The molecule has 0 spiro atoms. The van der Waals surface area contributed by atoms with Gasteiger partial charge >= 0.3 is 5.97 Å². The van der Waals surface area contributed by atoms with Gasteiger partial charge in [0.2, 0.25) is 0 Å². The standard InChI is InChI=1S/C16H23N6O5Si/c1-18-8(16(25)26)3-4-28(2)5-9-11(23)12(24)15(27-9)22-7-21-10-13(17)19-6-20-14(10)22/h6-9,11-12,15,23-24H,1,3-5H2,2H3,(H,25,26)(H2,17,19,20)/t8-,9?,11?,12?,15+/m0/s1. The van der Waals surface area contributed by atoms with E-state index in [2.05, 4.69) is 26.7 Å². The Bertz CT molecular complexity index is 863. The van der Waals surface area contributed by atoms with Crippen molar-refractivity contribution in [3.05, 3.63) is 12.7 Å². The Morgan fingerprint density at radius 3 is 2.86 bits per heavy atom. The lowest BCUT2D eigenvalue weighted by molar-refractivity contribution is -0.138. The maximum absolute atomic E-state index is 11.0. The quantitative estimate of drug-likeness (QED) is 0.339. The van der Waals surface area contributed by atoms with Crippen molar-refractivity contribution in [2.75, 3.05) is 5.73 Å². The number of carbonyl (C=O) groups is 1. The third-order valence-corrected chi connectivity index (χ3v) is 7.14. The van der Waals surface area contributed by atoms with E-state index >= 15 is 0 Å². The number of anilines is 1. The summed E-state index contributed by atoms with van der Waals surface area (Å²) in [6.07, 6.45) is -0.523. The molecule has 0 saturated carbocycles. The summed E-state index contributed by atoms with van der Waals surface area (Å²) in [5, 5.41) is 30.0. The van der Waals surface area contributed by atoms with Gasteiger partial charge in [-0.15, -0.1) is 0 Å². The number of aliphatic hydroxyl groups excluding tert-OH is 2. The van der Waals surface area contributed by atoms with Crippen molar-refractivity contribution in [1.29, 1.82) is 0 Å². The molecule has 28 heavy (non-hydrogen) atoms. The van der Waals surface area contributed by atoms with Gasteiger partial charge in [0.25, 0.3) is 0 Å². The minimum atomic E-state index is -1.16. The third-order valence-electron chi connectivity index (χ3n) is 4.90. The van der Waals surface area contributed by atoms with Gasteiger partial charge in [-0.3, -0.25) is 9.56 Å². The molecule has 0 bridgehead atoms. The number of ether oxygens (including phenoxy) is 1. The highest BCUT2D eigenvalue weighted by Crippen LogP contribution is 2.34. The molecule has 3 rings (SSSR count). The molecule has 5 atom stereocenters. The lowest BCUT2D eigenvalue weighted by Gasteiger charge is -2.19. The molecule has 2 aromatic heterocycles. The zero-order valence-corrected chi connectivity index (χ0v) is 16.3. The summed E-state index contributed by atoms with van der Waals surface area (Å²) in [5.74, 6) is -0.776. The average Bonchev–Trinajstić information content (AvgIpc) is 3.19. The SMILES string of the molecule is C=N[C@@H](CC[Si](C)CC1O[C@@H](n2cnc3c(N)ncnc32)C(O)C1O)C(=O)O. The number of imidazole rings is 1. The summed E-state index contributed by atoms with van der Waals surface area (Å²) in [6, 6.07) is 0.397. The highest BCUT2D eigenvalue weighted by molar-refractivity contribution is 6.57. The molecule has 1 aliphatic rings. The summed E-state index contributed by atoms with van der Waals surface area (Å²) in [4.78, 5) is 26.8. The molecule has 1 radical (unpaired) electrons. The number of aliphatic carboxylic acids is 1. The number of fused-ring (bicyclic) bond motifs is 1. The molecule has 2 aromatic rings. The molecular formula is C16H23N6O5Si. The average molecular weight is 407 g/mol. The van der Waals surface area contributed by atoms with Crippen molar-refractivity contribution < 1.29 is 24.9 Å². The number of rotatable bonds is 8. The van der Waals surface area contributed by atoms with E-state index in [1.165, 1.54) is 17.2 Å². The van der Waals surface area contributed by atoms with Crippen LogP contribution in [0.4, 0.5) is 5.82 Å². The number of nitrogens with zero attached hydrogens (tertiary/aromatic N) is 5. The van der Waals surface area contributed by atoms with E-state index in [0.29, 0.717) is 29.7 Å². The third kappa shape index (κ3) is 3.89. The van der Waals surface area contributed by atoms with E-state index < -0.39 is 45.3 Å². The monoisotopic (exact) mass is 407 g/mol. The number of carboxylic acids is 1. The van der Waals surface area contributed by atoms with Crippen LogP contribution in [0.25, 0.3) is 11.2 Å². The molecule has 11 nitrogen and oxygen atoms in total. The first-order valence-corrected chi connectivity index (χ1v) is 11.2. The number of carboxylic acid groups (broad SMARTS) is 1. The molecule has 3 heterocycles. The maximum Gasteiger partial charge on any atom is 0.328 e. The summed E-state index contributed by atoms with van der Waals surface area (Å²) in [6.45, 7) is 5.34. The zero-order valence-electron chi connectivity index (χ0n) is 15.3. The van der Waals surface area contributed by atoms with Crippen LogP contribution in [0, 0.1) is 0 Å². The van der Waals surface area contributed by atoms with Gasteiger partial charge in [0.1, 0.15) is 30.1 Å². The van der Waals surface area contributed by atoms with E-state index in [0.717, 1.165) is 0 Å². The number of hydrogen-bond donors (Lipinski definition) is 4. The predicted octanol–water partition coefficient (Wildman–Crippen LogP) is -0.304. The lowest BCUT2D eigenvalue weighted by atomic mass is 10.1. The number of nitrogens with two attached hydrogens (primary N) is 1. The number of hydrogen-bond acceptors (Lipinski definition) is 9. The van der Waals surface area contributed by atoms with E-state index in [1.54, 1.807) is 0 Å². The van der Waals surface area contributed by atoms with Gasteiger partial charge in [-0.25, -0.2) is 19.7 Å². The summed E-state index contributed by atoms with van der Waals surface area (Å²) in [7, 11) is -1.02. The van der Waals surface area contributed by atoms with Crippen molar-refractivity contribution in [3.63, 3.8) is 0 Å². The lowest BCUT2D eigenvalue weighted by Crippen LogP contribution is -2.33. The molecule has 3 unspecified atom stereocenters. The van der Waals surface area contributed by atoms with Crippen molar-refractivity contribution in [2.45, 2.75) is 55.6 Å². The first kappa shape index (κ1) is 20.3. The molecular weight excluding hydrogens is 384 g/mol. The molecule has 1 aliphatic heterocycles. The highest BCUT2D eigenvalue weighted by atomic mass is 28.3. The van der Waals surface area contributed by atoms with Gasteiger partial charge in [-0.1, -0.05) is 12.6 Å². The Morgan fingerprint density at radius 2 is 2.18 bits per heavy atom. The van der Waals surface area contributed by atoms with Crippen molar-refractivity contribution in [2.24, 2.45) is 4.99 Å². The molecule has 0 aromatic carbocycles. The number of nitrogen functional groups attached to an aromatic ring is 1. The Hall–Kier alpha value is -2.41. The van der Waals surface area contributed by atoms with Crippen LogP contribution in [0.1, 0.15) is 12.6 Å². The molecule has 0 amide bonds. The molecule has 1 saturated heterocycles. The Labute approximate surface area is 162 Å². The smallest absolute Gasteiger partial charge is 0.328 e. The second kappa shape index (κ2) is 8.30. The summed E-state index contributed by atoms with van der Waals surface area (Å²) < 4.78 is 7.46. The Balaban J connectivity index is 1.67. The van der Waals surface area contributed by atoms with Gasteiger partial charge in [0.05, 0.1) is 12.4 Å². The number of aliphatic imine (C=N–C) groups is 1. The van der Waals surface area contributed by atoms with Crippen LogP contribution in [-0.2, 0) is 9.53 Å². The van der Waals surface area contributed by atoms with E-state index in [4.69, 9.17) is 15.6 Å². The first-order valence-electron chi connectivity index (χ1n) is 8.78. The highest BCUT2D eigenvalue weighted by Gasteiger charge is 2.44. The predicted molar refractivity (Wildman–Crippen MR) is 102 cm³/mol. The zero-order chi connectivity index (χ0) is 20.4. The van der Waals surface area contributed by atoms with Crippen LogP contribution in [0.3, 0.4) is 0 Å². The van der Waals surface area contributed by atoms with Crippen LogP contribution in [0.5, 0.6) is 0 Å². The number of aromatic nitrogens is 4. The number of aliphatic hydroxyl groups is 2. The summed E-state index contributed by atoms with van der Waals surface area (Å²) >= 11 is 0. The van der Waals surface area contributed by atoms with E-state index in [1.807, 2.05) is 6.55 Å². The molecule has 151 valence electrons. The minimum Gasteiger partial charge on any atom is -0.480 e. The van der Waals surface area contributed by atoms with Gasteiger partial charge < -0.3 is 25.8 Å². The largest absolute Gasteiger partial charge is 0.480 e. The van der Waals surface area contributed by atoms with Crippen molar-refractivity contribution in [3.8, 4) is 0 Å². The molecule has 1 fully saturated rings. The van der Waals surface area contributed by atoms with Gasteiger partial charge in [-0.05, 0) is 19.2 Å². The van der Waals surface area contributed by atoms with Gasteiger partial charge in [0, 0.05) is 8.80 Å². The van der Waals surface area contributed by atoms with Crippen LogP contribution < -0.4 is 5.73 Å². The van der Waals surface area contributed by atoms with E-state index in [-0.39, 0.29) is 5.82 Å². The van der Waals surface area contributed by atoms with Crippen LogP contribution >= 0.6 is 0 Å². The fourth-order valence-electron chi connectivity index (χ4n) is 3.31. The molecule has 0 aliphatic carbocycles. The van der Waals surface area contributed by atoms with Crippen LogP contribution in [0.15, 0.2) is 17.6 Å². The maximum atomic E-state index is 11.0. The second-order valence-electron chi connectivity index (χ2n) is 6.87. The van der Waals surface area contributed by atoms with Crippen LogP contribution in [-0.4, -0.2) is 80.7 Å². The fraction of sp³-hybridized carbons (Fsp3) is 0.562. The second-order valence-corrected chi connectivity index (χ2v) is 9.69. The van der Waals surface area contributed by atoms with Crippen LogP contribution in [0.2, 0.25) is 18.6 Å². The van der Waals surface area contributed by atoms with Crippen molar-refractivity contribution >= 4 is 38.5 Å². The Morgan fingerprint density at radius 1 is 1.43 bits per heavy atom. The topological polar surface area (TPSA) is 169 Å².